The Bertz CT molecular complexity index is 545. The van der Waals surface area contributed by atoms with E-state index in [-0.39, 0.29) is 5.82 Å². The summed E-state index contributed by atoms with van der Waals surface area (Å²) < 4.78 is 13.2. The summed E-state index contributed by atoms with van der Waals surface area (Å²) in [4.78, 5) is 15.5. The number of hydrogen-bond donors (Lipinski definition) is 0. The van der Waals surface area contributed by atoms with Crippen molar-refractivity contribution in [3.05, 3.63) is 65.7 Å². The molecule has 0 aliphatic carbocycles. The van der Waals surface area contributed by atoms with E-state index in [9.17, 15) is 9.18 Å². The second-order valence-corrected chi connectivity index (χ2v) is 4.35. The van der Waals surface area contributed by atoms with E-state index >= 15 is 0 Å². The van der Waals surface area contributed by atoms with Gasteiger partial charge in [-0.25, -0.2) is 4.39 Å². The standard InChI is InChI=1S/C14H11ClFNO/c15-14(18)13(7-10-3-2-6-17-9-10)11-4-1-5-12(16)8-11/h1-6,8-9,13H,7H2. The molecule has 1 heterocycles. The number of halogens is 2. The van der Waals surface area contributed by atoms with Gasteiger partial charge < -0.3 is 0 Å². The molecule has 0 radical (unpaired) electrons. The first-order chi connectivity index (χ1) is 8.66. The van der Waals surface area contributed by atoms with Crippen LogP contribution in [0.5, 0.6) is 0 Å². The van der Waals surface area contributed by atoms with Crippen LogP contribution in [0, 0.1) is 5.82 Å². The van der Waals surface area contributed by atoms with Gasteiger partial charge in [-0.1, -0.05) is 18.2 Å². The molecule has 1 aromatic heterocycles. The third-order valence-corrected chi connectivity index (χ3v) is 2.95. The van der Waals surface area contributed by atoms with Gasteiger partial charge in [-0.05, 0) is 47.3 Å². The summed E-state index contributed by atoms with van der Waals surface area (Å²) in [6.45, 7) is 0. The van der Waals surface area contributed by atoms with Crippen LogP contribution in [-0.2, 0) is 11.2 Å². The fourth-order valence-corrected chi connectivity index (χ4v) is 2.01. The molecule has 0 N–H and O–H groups in total. The van der Waals surface area contributed by atoms with Crippen LogP contribution in [0.4, 0.5) is 4.39 Å². The van der Waals surface area contributed by atoms with Crippen LogP contribution in [0.25, 0.3) is 0 Å². The van der Waals surface area contributed by atoms with E-state index < -0.39 is 11.2 Å². The second-order valence-electron chi connectivity index (χ2n) is 3.98. The van der Waals surface area contributed by atoms with E-state index in [0.717, 1.165) is 5.56 Å². The Hall–Kier alpha value is -1.74. The Balaban J connectivity index is 2.27. The van der Waals surface area contributed by atoms with Gasteiger partial charge in [0.2, 0.25) is 5.24 Å². The van der Waals surface area contributed by atoms with Crippen molar-refractivity contribution in [1.29, 1.82) is 0 Å². The lowest BCUT2D eigenvalue weighted by atomic mass is 9.94. The molecule has 2 nitrogen and oxygen atoms in total. The molecule has 2 rings (SSSR count). The first kappa shape index (κ1) is 12.7. The van der Waals surface area contributed by atoms with Crippen LogP contribution in [0.2, 0.25) is 0 Å². The van der Waals surface area contributed by atoms with E-state index in [1.165, 1.54) is 12.1 Å². The molecule has 2 aromatic rings. The van der Waals surface area contributed by atoms with Crippen LogP contribution in [0.3, 0.4) is 0 Å². The molecule has 0 aliphatic heterocycles. The van der Waals surface area contributed by atoms with Gasteiger partial charge in [-0.15, -0.1) is 0 Å². The van der Waals surface area contributed by atoms with Gasteiger partial charge in [0.25, 0.3) is 0 Å². The van der Waals surface area contributed by atoms with Crippen LogP contribution in [0.15, 0.2) is 48.8 Å². The summed E-state index contributed by atoms with van der Waals surface area (Å²) in [6.07, 6.45) is 3.75. The van der Waals surface area contributed by atoms with Crippen molar-refractivity contribution in [2.45, 2.75) is 12.3 Å². The minimum Gasteiger partial charge on any atom is -0.281 e. The second kappa shape index (κ2) is 5.74. The van der Waals surface area contributed by atoms with E-state index in [0.29, 0.717) is 12.0 Å². The third kappa shape index (κ3) is 3.14. The first-order valence-corrected chi connectivity index (χ1v) is 5.88. The van der Waals surface area contributed by atoms with Gasteiger partial charge >= 0.3 is 0 Å². The highest BCUT2D eigenvalue weighted by molar-refractivity contribution is 6.64. The van der Waals surface area contributed by atoms with Crippen LogP contribution in [0.1, 0.15) is 17.0 Å². The third-order valence-electron chi connectivity index (χ3n) is 2.69. The van der Waals surface area contributed by atoms with Gasteiger partial charge in [0, 0.05) is 12.4 Å². The van der Waals surface area contributed by atoms with Crippen molar-refractivity contribution in [2.75, 3.05) is 0 Å². The Morgan fingerprint density at radius 2 is 2.17 bits per heavy atom. The average molecular weight is 264 g/mol. The molecule has 1 atom stereocenters. The zero-order chi connectivity index (χ0) is 13.0. The number of carbonyl (C=O) groups excluding carboxylic acids is 1. The Morgan fingerprint density at radius 1 is 1.33 bits per heavy atom. The number of benzene rings is 1. The molecule has 0 amide bonds. The summed E-state index contributed by atoms with van der Waals surface area (Å²) in [5.74, 6) is -0.923. The van der Waals surface area contributed by atoms with E-state index in [2.05, 4.69) is 4.98 Å². The average Bonchev–Trinajstić information content (AvgIpc) is 2.37. The van der Waals surface area contributed by atoms with Crippen molar-refractivity contribution >= 4 is 16.8 Å². The molecule has 0 spiro atoms. The lowest BCUT2D eigenvalue weighted by Crippen LogP contribution is -2.10. The quantitative estimate of drug-likeness (QED) is 0.792. The minimum absolute atomic E-state index is 0.374. The highest BCUT2D eigenvalue weighted by Gasteiger charge is 2.19. The Kier molecular flexibility index (Phi) is 4.05. The first-order valence-electron chi connectivity index (χ1n) is 5.50. The van der Waals surface area contributed by atoms with Crippen LogP contribution in [-0.4, -0.2) is 10.2 Å². The normalized spacial score (nSPS) is 12.1. The van der Waals surface area contributed by atoms with Crippen molar-refractivity contribution < 1.29 is 9.18 Å². The van der Waals surface area contributed by atoms with Gasteiger partial charge in [0.1, 0.15) is 5.82 Å². The van der Waals surface area contributed by atoms with Crippen molar-refractivity contribution in [1.82, 2.24) is 4.98 Å². The zero-order valence-electron chi connectivity index (χ0n) is 9.51. The topological polar surface area (TPSA) is 30.0 Å². The maximum absolute atomic E-state index is 13.2. The fourth-order valence-electron chi connectivity index (χ4n) is 1.81. The molecule has 18 heavy (non-hydrogen) atoms. The summed E-state index contributed by atoms with van der Waals surface area (Å²) in [5.41, 5.74) is 1.47. The fraction of sp³-hybridized carbons (Fsp3) is 0.143. The van der Waals surface area contributed by atoms with E-state index in [1.807, 2.05) is 6.07 Å². The number of aromatic nitrogens is 1. The number of nitrogens with zero attached hydrogens (tertiary/aromatic N) is 1. The summed E-state index contributed by atoms with van der Waals surface area (Å²) in [7, 11) is 0. The molecule has 92 valence electrons. The number of carbonyl (C=O) groups is 1. The Labute approximate surface area is 109 Å². The predicted molar refractivity (Wildman–Crippen MR) is 67.9 cm³/mol. The van der Waals surface area contributed by atoms with Crippen LogP contribution < -0.4 is 0 Å². The van der Waals surface area contributed by atoms with Crippen molar-refractivity contribution in [3.8, 4) is 0 Å². The van der Waals surface area contributed by atoms with Gasteiger partial charge in [0.05, 0.1) is 5.92 Å². The van der Waals surface area contributed by atoms with Gasteiger partial charge in [0.15, 0.2) is 0 Å². The molecule has 0 fully saturated rings. The Morgan fingerprint density at radius 3 is 2.78 bits per heavy atom. The highest BCUT2D eigenvalue weighted by atomic mass is 35.5. The van der Waals surface area contributed by atoms with E-state index in [4.69, 9.17) is 11.6 Å². The summed E-state index contributed by atoms with van der Waals surface area (Å²) >= 11 is 5.60. The van der Waals surface area contributed by atoms with Gasteiger partial charge in [-0.3, -0.25) is 9.78 Å². The van der Waals surface area contributed by atoms with Crippen molar-refractivity contribution in [3.63, 3.8) is 0 Å². The largest absolute Gasteiger partial charge is 0.281 e. The maximum atomic E-state index is 13.2. The molecule has 0 aliphatic rings. The summed E-state index contributed by atoms with van der Waals surface area (Å²) in [5, 5.41) is -0.496. The van der Waals surface area contributed by atoms with E-state index in [1.54, 1.807) is 30.6 Å². The lowest BCUT2D eigenvalue weighted by Gasteiger charge is -2.12. The minimum atomic E-state index is -0.549. The zero-order valence-corrected chi connectivity index (χ0v) is 10.3. The van der Waals surface area contributed by atoms with Crippen LogP contribution >= 0.6 is 11.6 Å². The predicted octanol–water partition coefficient (Wildman–Crippen LogP) is 3.31. The molecule has 0 bridgehead atoms. The number of pyridine rings is 1. The smallest absolute Gasteiger partial charge is 0.229 e. The molecular weight excluding hydrogens is 253 g/mol. The highest BCUT2D eigenvalue weighted by Crippen LogP contribution is 2.23. The molecule has 0 saturated heterocycles. The van der Waals surface area contributed by atoms with Crippen molar-refractivity contribution in [2.24, 2.45) is 0 Å². The molecule has 4 heteroatoms. The molecular formula is C14H11ClFNO. The summed E-state index contributed by atoms with van der Waals surface area (Å²) in [6, 6.07) is 9.59. The SMILES string of the molecule is O=C(Cl)C(Cc1cccnc1)c1cccc(F)c1. The molecule has 0 saturated carbocycles. The lowest BCUT2D eigenvalue weighted by molar-refractivity contribution is -0.113. The number of hydrogen-bond acceptors (Lipinski definition) is 2. The monoisotopic (exact) mass is 263 g/mol. The number of rotatable bonds is 4. The maximum Gasteiger partial charge on any atom is 0.229 e. The molecule has 1 unspecified atom stereocenters. The molecule has 1 aromatic carbocycles. The van der Waals surface area contributed by atoms with Gasteiger partial charge in [-0.2, -0.15) is 0 Å².